The van der Waals surface area contributed by atoms with Crippen molar-refractivity contribution >= 4 is 34.9 Å². The Morgan fingerprint density at radius 1 is 0.625 bits per heavy atom. The number of nitrogens with zero attached hydrogens (tertiary/aromatic N) is 2. The van der Waals surface area contributed by atoms with Crippen molar-refractivity contribution in [1.82, 2.24) is 0 Å². The maximum Gasteiger partial charge on any atom is 0.302 e. The minimum absolute atomic E-state index is 0.264. The van der Waals surface area contributed by atoms with Gasteiger partial charge in [0.25, 0.3) is 0 Å². The molecule has 0 N–H and O–H groups in total. The first-order chi connectivity index (χ1) is 15.2. The third kappa shape index (κ3) is 7.23. The number of Topliss-reactive ketones (excluding diaryl/α,β-unsaturated/α-hetero) is 2. The molecular weight excluding hydrogens is 412 g/mol. The molecule has 2 rings (SSSR count). The number of hydrogen-bond acceptors (Lipinski definition) is 8. The van der Waals surface area contributed by atoms with Gasteiger partial charge < -0.3 is 19.3 Å². The van der Waals surface area contributed by atoms with Crippen molar-refractivity contribution in [2.45, 2.75) is 13.8 Å². The van der Waals surface area contributed by atoms with Crippen LogP contribution < -0.4 is 9.80 Å². The molecule has 8 nitrogen and oxygen atoms in total. The van der Waals surface area contributed by atoms with Gasteiger partial charge in [0.15, 0.2) is 0 Å². The first-order valence-electron chi connectivity index (χ1n) is 10.2. The fourth-order valence-electron chi connectivity index (χ4n) is 2.91. The van der Waals surface area contributed by atoms with Crippen LogP contribution in [-0.4, -0.2) is 63.9 Å². The molecule has 0 bridgehead atoms. The van der Waals surface area contributed by atoms with E-state index in [1.165, 1.54) is 13.8 Å². The molecule has 2 aromatic rings. The number of likely N-dealkylation sites (N-methyl/N-ethyl adjacent to an activating group) is 2. The Labute approximate surface area is 187 Å². The van der Waals surface area contributed by atoms with E-state index in [-0.39, 0.29) is 25.2 Å². The van der Waals surface area contributed by atoms with Gasteiger partial charge in [-0.3, -0.25) is 19.2 Å². The highest BCUT2D eigenvalue weighted by Gasteiger charge is 2.19. The van der Waals surface area contributed by atoms with E-state index in [9.17, 15) is 19.2 Å². The Hall–Kier alpha value is -3.68. The van der Waals surface area contributed by atoms with E-state index in [0.29, 0.717) is 24.2 Å². The molecule has 32 heavy (non-hydrogen) atoms. The third-order valence-corrected chi connectivity index (χ3v) is 4.81. The summed E-state index contributed by atoms with van der Waals surface area (Å²) in [5.41, 5.74) is 2.27. The van der Waals surface area contributed by atoms with Gasteiger partial charge in [-0.25, -0.2) is 0 Å². The van der Waals surface area contributed by atoms with Crippen LogP contribution in [0.2, 0.25) is 0 Å². The highest BCUT2D eigenvalue weighted by molar-refractivity contribution is 6.49. The Balaban J connectivity index is 1.97. The molecule has 0 unspecified atom stereocenters. The summed E-state index contributed by atoms with van der Waals surface area (Å²) in [6.45, 7) is 4.25. The maximum absolute atomic E-state index is 12.6. The summed E-state index contributed by atoms with van der Waals surface area (Å²) in [5.74, 6) is -1.84. The lowest BCUT2D eigenvalue weighted by molar-refractivity contribution is -0.141. The van der Waals surface area contributed by atoms with Gasteiger partial charge in [0.05, 0.1) is 13.1 Å². The molecule has 0 aliphatic heterocycles. The van der Waals surface area contributed by atoms with E-state index in [1.807, 2.05) is 23.9 Å². The lowest BCUT2D eigenvalue weighted by Crippen LogP contribution is -2.23. The van der Waals surface area contributed by atoms with Crippen LogP contribution in [0.15, 0.2) is 48.5 Å². The second-order valence-electron chi connectivity index (χ2n) is 7.28. The number of ketones is 2. The molecule has 2 aromatic carbocycles. The van der Waals surface area contributed by atoms with Gasteiger partial charge in [0.2, 0.25) is 11.6 Å². The van der Waals surface area contributed by atoms with Gasteiger partial charge in [0.1, 0.15) is 13.2 Å². The molecule has 0 aromatic heterocycles. The fraction of sp³-hybridized carbons (Fsp3) is 0.333. The molecule has 0 aliphatic rings. The summed E-state index contributed by atoms with van der Waals surface area (Å²) >= 11 is 0. The van der Waals surface area contributed by atoms with Crippen LogP contribution in [0.5, 0.6) is 0 Å². The number of esters is 2. The second kappa shape index (κ2) is 11.6. The molecule has 0 spiro atoms. The molecule has 0 amide bonds. The average Bonchev–Trinajstić information content (AvgIpc) is 2.77. The fourth-order valence-corrected chi connectivity index (χ4v) is 2.91. The molecule has 0 saturated heterocycles. The van der Waals surface area contributed by atoms with Gasteiger partial charge in [-0.05, 0) is 48.5 Å². The lowest BCUT2D eigenvalue weighted by atomic mass is 10.0. The van der Waals surface area contributed by atoms with Crippen LogP contribution in [0.4, 0.5) is 11.4 Å². The van der Waals surface area contributed by atoms with E-state index in [4.69, 9.17) is 9.47 Å². The third-order valence-electron chi connectivity index (χ3n) is 4.81. The molecule has 0 radical (unpaired) electrons. The van der Waals surface area contributed by atoms with Crippen molar-refractivity contribution in [2.75, 3.05) is 50.2 Å². The Kier molecular flexibility index (Phi) is 8.95. The predicted molar refractivity (Wildman–Crippen MR) is 121 cm³/mol. The number of anilines is 2. The molecule has 0 fully saturated rings. The largest absolute Gasteiger partial charge is 0.464 e. The molecule has 0 aliphatic carbocycles. The molecule has 0 heterocycles. The van der Waals surface area contributed by atoms with E-state index in [0.717, 1.165) is 11.4 Å². The highest BCUT2D eigenvalue weighted by atomic mass is 16.5. The van der Waals surface area contributed by atoms with E-state index < -0.39 is 11.6 Å². The Bertz CT molecular complexity index is 874. The standard InChI is InChI=1S/C24H28N2O6/c1-17(27)31-15-13-25(3)21-9-5-19(6-10-21)23(29)24(30)20-7-11-22(12-8-20)26(4)14-16-32-18(2)28/h5-12H,13-16H2,1-4H3. The van der Waals surface area contributed by atoms with Crippen LogP contribution in [-0.2, 0) is 19.1 Å². The summed E-state index contributed by atoms with van der Waals surface area (Å²) in [6.07, 6.45) is 0. The lowest BCUT2D eigenvalue weighted by Gasteiger charge is -2.19. The summed E-state index contributed by atoms with van der Waals surface area (Å²) in [6, 6.07) is 13.4. The van der Waals surface area contributed by atoms with Crippen LogP contribution in [0.3, 0.4) is 0 Å². The Morgan fingerprint density at radius 2 is 0.938 bits per heavy atom. The predicted octanol–water partition coefficient (Wildman–Crippen LogP) is 2.75. The van der Waals surface area contributed by atoms with Crippen molar-refractivity contribution in [2.24, 2.45) is 0 Å². The SMILES string of the molecule is CC(=O)OCCN(C)c1ccc(C(=O)C(=O)c2ccc(N(C)CCOC(C)=O)cc2)cc1. The first-order valence-corrected chi connectivity index (χ1v) is 10.2. The monoisotopic (exact) mass is 440 g/mol. The summed E-state index contributed by atoms with van der Waals surface area (Å²) in [7, 11) is 3.69. The average molecular weight is 440 g/mol. The van der Waals surface area contributed by atoms with Crippen molar-refractivity contribution in [3.05, 3.63) is 59.7 Å². The van der Waals surface area contributed by atoms with Crippen LogP contribution >= 0.6 is 0 Å². The Morgan fingerprint density at radius 3 is 1.22 bits per heavy atom. The van der Waals surface area contributed by atoms with Gasteiger partial charge in [-0.15, -0.1) is 0 Å². The summed E-state index contributed by atoms with van der Waals surface area (Å²) in [4.78, 5) is 50.7. The van der Waals surface area contributed by atoms with E-state index in [1.54, 1.807) is 48.5 Å². The minimum atomic E-state index is -0.588. The second-order valence-corrected chi connectivity index (χ2v) is 7.28. The van der Waals surface area contributed by atoms with E-state index >= 15 is 0 Å². The number of carbonyl (C=O) groups excluding carboxylic acids is 4. The van der Waals surface area contributed by atoms with Crippen molar-refractivity contribution in [3.63, 3.8) is 0 Å². The zero-order valence-corrected chi connectivity index (χ0v) is 18.8. The van der Waals surface area contributed by atoms with Gasteiger partial charge >= 0.3 is 11.9 Å². The van der Waals surface area contributed by atoms with E-state index in [2.05, 4.69) is 0 Å². The van der Waals surface area contributed by atoms with Crippen molar-refractivity contribution in [1.29, 1.82) is 0 Å². The summed E-state index contributed by atoms with van der Waals surface area (Å²) < 4.78 is 9.85. The molecule has 0 saturated carbocycles. The molecule has 170 valence electrons. The van der Waals surface area contributed by atoms with Gasteiger partial charge in [-0.1, -0.05) is 0 Å². The number of rotatable bonds is 11. The number of benzene rings is 2. The quantitative estimate of drug-likeness (QED) is 0.299. The zero-order chi connectivity index (χ0) is 23.7. The van der Waals surface area contributed by atoms with Crippen LogP contribution in [0, 0.1) is 0 Å². The molecular formula is C24H28N2O6. The normalized spacial score (nSPS) is 10.2. The molecule has 8 heteroatoms. The highest BCUT2D eigenvalue weighted by Crippen LogP contribution is 2.18. The number of ether oxygens (including phenoxy) is 2. The van der Waals surface area contributed by atoms with Crippen molar-refractivity contribution < 1.29 is 28.7 Å². The maximum atomic E-state index is 12.6. The number of hydrogen-bond donors (Lipinski definition) is 0. The first kappa shape index (κ1) is 24.6. The number of carbonyl (C=O) groups is 4. The minimum Gasteiger partial charge on any atom is -0.464 e. The van der Waals surface area contributed by atoms with Crippen LogP contribution in [0.1, 0.15) is 34.6 Å². The smallest absolute Gasteiger partial charge is 0.302 e. The zero-order valence-electron chi connectivity index (χ0n) is 18.8. The van der Waals surface area contributed by atoms with Gasteiger partial charge in [0, 0.05) is 50.4 Å². The topological polar surface area (TPSA) is 93.2 Å². The van der Waals surface area contributed by atoms with Gasteiger partial charge in [-0.2, -0.15) is 0 Å². The van der Waals surface area contributed by atoms with Crippen LogP contribution in [0.25, 0.3) is 0 Å². The summed E-state index contributed by atoms with van der Waals surface area (Å²) in [5, 5.41) is 0. The molecule has 0 atom stereocenters. The van der Waals surface area contributed by atoms with Crippen molar-refractivity contribution in [3.8, 4) is 0 Å².